The Morgan fingerprint density at radius 1 is 1.53 bits per heavy atom. The van der Waals surface area contributed by atoms with Crippen molar-refractivity contribution >= 4 is 15.7 Å². The minimum Gasteiger partial charge on any atom is -0.353 e. The van der Waals surface area contributed by atoms with Crippen molar-refractivity contribution in [3.05, 3.63) is 0 Å². The number of sulfone groups is 1. The Morgan fingerprint density at radius 3 is 2.76 bits per heavy atom. The maximum Gasteiger partial charge on any atom is 0.220 e. The van der Waals surface area contributed by atoms with Crippen molar-refractivity contribution in [2.24, 2.45) is 5.92 Å². The van der Waals surface area contributed by atoms with Crippen molar-refractivity contribution in [3.63, 3.8) is 0 Å². The van der Waals surface area contributed by atoms with E-state index in [1.807, 2.05) is 0 Å². The molecule has 1 heterocycles. The van der Waals surface area contributed by atoms with Crippen LogP contribution in [0.4, 0.5) is 0 Å². The van der Waals surface area contributed by atoms with Gasteiger partial charge in [0.25, 0.3) is 0 Å². The maximum absolute atomic E-state index is 11.6. The van der Waals surface area contributed by atoms with Crippen LogP contribution in [0.15, 0.2) is 0 Å². The van der Waals surface area contributed by atoms with E-state index in [9.17, 15) is 13.2 Å². The summed E-state index contributed by atoms with van der Waals surface area (Å²) in [6.45, 7) is 3.75. The van der Waals surface area contributed by atoms with E-state index in [2.05, 4.69) is 10.6 Å². The lowest BCUT2D eigenvalue weighted by molar-refractivity contribution is -0.121. The van der Waals surface area contributed by atoms with Crippen LogP contribution < -0.4 is 10.6 Å². The zero-order valence-electron chi connectivity index (χ0n) is 10.5. The number of rotatable bonds is 6. The normalized spacial score (nSPS) is 22.4. The van der Waals surface area contributed by atoms with Crippen LogP contribution in [0.2, 0.25) is 0 Å². The number of nitrogens with one attached hydrogen (secondary N) is 2. The second-order valence-electron chi connectivity index (χ2n) is 4.96. The molecule has 0 saturated carbocycles. The number of carbonyl (C=O) groups excluding carboxylic acids is 1. The van der Waals surface area contributed by atoms with Crippen molar-refractivity contribution in [2.75, 3.05) is 25.1 Å². The van der Waals surface area contributed by atoms with E-state index in [1.165, 1.54) is 6.26 Å². The molecule has 0 aliphatic carbocycles. The number of carbonyl (C=O) groups is 1. The monoisotopic (exact) mass is 262 g/mol. The Labute approximate surface area is 103 Å². The summed E-state index contributed by atoms with van der Waals surface area (Å²) in [5.74, 6) is 0.544. The van der Waals surface area contributed by atoms with Gasteiger partial charge in [-0.2, -0.15) is 0 Å². The van der Waals surface area contributed by atoms with Gasteiger partial charge in [-0.15, -0.1) is 0 Å². The van der Waals surface area contributed by atoms with Gasteiger partial charge in [0, 0.05) is 18.7 Å². The molecule has 1 amide bonds. The summed E-state index contributed by atoms with van der Waals surface area (Å²) in [6.07, 6.45) is 3.68. The summed E-state index contributed by atoms with van der Waals surface area (Å²) >= 11 is 0. The first kappa shape index (κ1) is 14.4. The Balaban J connectivity index is 2.19. The van der Waals surface area contributed by atoms with Crippen LogP contribution in [0, 0.1) is 5.92 Å². The molecule has 0 aromatic carbocycles. The first-order valence-electron chi connectivity index (χ1n) is 6.04. The quantitative estimate of drug-likeness (QED) is 0.702. The van der Waals surface area contributed by atoms with Crippen LogP contribution >= 0.6 is 0 Å². The molecule has 1 fully saturated rings. The zero-order chi connectivity index (χ0) is 12.9. The third-order valence-corrected chi connectivity index (χ3v) is 4.01. The van der Waals surface area contributed by atoms with Crippen LogP contribution in [0.3, 0.4) is 0 Å². The lowest BCUT2D eigenvalue weighted by Crippen LogP contribution is -2.37. The highest BCUT2D eigenvalue weighted by Crippen LogP contribution is 2.13. The molecule has 1 aliphatic rings. The molecular weight excluding hydrogens is 240 g/mol. The predicted molar refractivity (Wildman–Crippen MR) is 67.5 cm³/mol. The van der Waals surface area contributed by atoms with Gasteiger partial charge < -0.3 is 10.6 Å². The van der Waals surface area contributed by atoms with Gasteiger partial charge in [0.2, 0.25) is 5.91 Å². The van der Waals surface area contributed by atoms with E-state index in [0.29, 0.717) is 12.3 Å². The van der Waals surface area contributed by atoms with Gasteiger partial charge in [0.05, 0.1) is 5.75 Å². The van der Waals surface area contributed by atoms with E-state index >= 15 is 0 Å². The molecule has 2 unspecified atom stereocenters. The third kappa shape index (κ3) is 6.63. The summed E-state index contributed by atoms with van der Waals surface area (Å²) in [6, 6.07) is -0.306. The van der Waals surface area contributed by atoms with Crippen LogP contribution in [0.5, 0.6) is 0 Å². The van der Waals surface area contributed by atoms with Gasteiger partial charge in [-0.1, -0.05) is 0 Å². The fourth-order valence-electron chi connectivity index (χ4n) is 2.14. The van der Waals surface area contributed by atoms with E-state index in [0.717, 1.165) is 25.9 Å². The number of amides is 1. The smallest absolute Gasteiger partial charge is 0.220 e. The third-order valence-electron chi connectivity index (χ3n) is 2.90. The van der Waals surface area contributed by atoms with Crippen molar-refractivity contribution in [1.82, 2.24) is 10.6 Å². The van der Waals surface area contributed by atoms with E-state index < -0.39 is 9.84 Å². The summed E-state index contributed by atoms with van der Waals surface area (Å²) in [5.41, 5.74) is 0. The topological polar surface area (TPSA) is 75.3 Å². The summed E-state index contributed by atoms with van der Waals surface area (Å²) in [4.78, 5) is 11.6. The lowest BCUT2D eigenvalue weighted by Gasteiger charge is -2.13. The average molecular weight is 262 g/mol. The van der Waals surface area contributed by atoms with E-state index in [4.69, 9.17) is 0 Å². The Hall–Kier alpha value is -0.620. The fourth-order valence-corrected chi connectivity index (χ4v) is 3.13. The molecule has 0 aromatic rings. The standard InChI is InChI=1S/C11H22N2O3S/c1-9(8-17(2,15)16)13-11(14)4-3-10-5-6-12-7-10/h9-10,12H,3-8H2,1-2H3,(H,13,14). The van der Waals surface area contributed by atoms with Gasteiger partial charge in [-0.05, 0) is 38.8 Å². The van der Waals surface area contributed by atoms with E-state index in [1.54, 1.807) is 6.92 Å². The average Bonchev–Trinajstić information content (AvgIpc) is 2.63. The second kappa shape index (κ2) is 6.35. The SMILES string of the molecule is CC(CS(C)(=O)=O)NC(=O)CCC1CCNC1. The summed E-state index contributed by atoms with van der Waals surface area (Å²) in [5, 5.41) is 5.98. The molecule has 1 rings (SSSR count). The van der Waals surface area contributed by atoms with Crippen LogP contribution in [0.1, 0.15) is 26.2 Å². The van der Waals surface area contributed by atoms with Gasteiger partial charge in [-0.3, -0.25) is 4.79 Å². The van der Waals surface area contributed by atoms with Crippen molar-refractivity contribution in [1.29, 1.82) is 0 Å². The highest BCUT2D eigenvalue weighted by atomic mass is 32.2. The second-order valence-corrected chi connectivity index (χ2v) is 7.14. The molecule has 1 saturated heterocycles. The molecule has 2 N–H and O–H groups in total. The molecule has 5 nitrogen and oxygen atoms in total. The number of hydrogen-bond donors (Lipinski definition) is 2. The molecule has 0 bridgehead atoms. The van der Waals surface area contributed by atoms with Gasteiger partial charge in [-0.25, -0.2) is 8.42 Å². The molecule has 100 valence electrons. The van der Waals surface area contributed by atoms with Gasteiger partial charge in [0.15, 0.2) is 0 Å². The van der Waals surface area contributed by atoms with Crippen molar-refractivity contribution in [3.8, 4) is 0 Å². The maximum atomic E-state index is 11.6. The molecule has 2 atom stereocenters. The first-order chi connectivity index (χ1) is 7.87. The highest BCUT2D eigenvalue weighted by molar-refractivity contribution is 7.90. The zero-order valence-corrected chi connectivity index (χ0v) is 11.3. The largest absolute Gasteiger partial charge is 0.353 e. The predicted octanol–water partition coefficient (Wildman–Crippen LogP) is -0.0746. The molecule has 0 spiro atoms. The van der Waals surface area contributed by atoms with Crippen LogP contribution in [-0.2, 0) is 14.6 Å². The van der Waals surface area contributed by atoms with Crippen LogP contribution in [-0.4, -0.2) is 45.5 Å². The Morgan fingerprint density at radius 2 is 2.24 bits per heavy atom. The minimum absolute atomic E-state index is 0.00369. The minimum atomic E-state index is -3.02. The van der Waals surface area contributed by atoms with Crippen LogP contribution in [0.25, 0.3) is 0 Å². The molecule has 1 aliphatic heterocycles. The molecular formula is C11H22N2O3S. The summed E-state index contributed by atoms with van der Waals surface area (Å²) < 4.78 is 22.1. The van der Waals surface area contributed by atoms with Crippen molar-refractivity contribution < 1.29 is 13.2 Å². The molecule has 0 aromatic heterocycles. The number of hydrogen-bond acceptors (Lipinski definition) is 4. The molecule has 0 radical (unpaired) electrons. The van der Waals surface area contributed by atoms with Crippen molar-refractivity contribution in [2.45, 2.75) is 32.2 Å². The molecule has 17 heavy (non-hydrogen) atoms. The Bertz CT molecular complexity index is 348. The van der Waals surface area contributed by atoms with Gasteiger partial charge >= 0.3 is 0 Å². The summed E-state index contributed by atoms with van der Waals surface area (Å²) in [7, 11) is -3.02. The van der Waals surface area contributed by atoms with Gasteiger partial charge in [0.1, 0.15) is 9.84 Å². The highest BCUT2D eigenvalue weighted by Gasteiger charge is 2.17. The van der Waals surface area contributed by atoms with E-state index in [-0.39, 0.29) is 17.7 Å². The Kier molecular flexibility index (Phi) is 5.39. The molecule has 6 heteroatoms. The lowest BCUT2D eigenvalue weighted by atomic mass is 10.0. The first-order valence-corrected chi connectivity index (χ1v) is 8.10. The fraction of sp³-hybridized carbons (Fsp3) is 0.909.